The lowest BCUT2D eigenvalue weighted by Gasteiger charge is -2.13. The summed E-state index contributed by atoms with van der Waals surface area (Å²) in [5.74, 6) is -2.26. The highest BCUT2D eigenvalue weighted by molar-refractivity contribution is 5.83. The molecule has 0 bridgehead atoms. The zero-order valence-electron chi connectivity index (χ0n) is 10.7. The van der Waals surface area contributed by atoms with E-state index in [2.05, 4.69) is 5.32 Å². The number of hydrogen-bond acceptors (Lipinski definition) is 4. The van der Waals surface area contributed by atoms with Crippen LogP contribution >= 0.6 is 0 Å². The highest BCUT2D eigenvalue weighted by Gasteiger charge is 2.18. The number of halogens is 1. The first-order chi connectivity index (χ1) is 9.54. The third kappa shape index (κ3) is 5.23. The smallest absolute Gasteiger partial charge is 0.326 e. The Morgan fingerprint density at radius 2 is 2.05 bits per heavy atom. The zero-order valence-corrected chi connectivity index (χ0v) is 10.7. The number of carboxylic acids is 1. The number of carbonyl (C=O) groups excluding carboxylic acids is 1. The molecule has 0 aliphatic heterocycles. The van der Waals surface area contributed by atoms with Crippen LogP contribution in [0.1, 0.15) is 12.8 Å². The maximum atomic E-state index is 13.2. The molecule has 0 aliphatic carbocycles. The molecule has 1 aromatic rings. The van der Waals surface area contributed by atoms with Gasteiger partial charge in [0, 0.05) is 13.0 Å². The molecule has 1 amide bonds. The van der Waals surface area contributed by atoms with E-state index in [1.165, 1.54) is 18.2 Å². The SMILES string of the molecule is O=C(CCOc1ccccc1F)N[C@H](CCO)C(=O)O. The summed E-state index contributed by atoms with van der Waals surface area (Å²) in [6, 6.07) is 4.64. The molecule has 110 valence electrons. The molecule has 0 aliphatic rings. The predicted molar refractivity (Wildman–Crippen MR) is 67.8 cm³/mol. The van der Waals surface area contributed by atoms with Crippen LogP contribution in [0.25, 0.3) is 0 Å². The van der Waals surface area contributed by atoms with Gasteiger partial charge >= 0.3 is 5.97 Å². The first-order valence-electron chi connectivity index (χ1n) is 6.05. The summed E-state index contributed by atoms with van der Waals surface area (Å²) >= 11 is 0. The highest BCUT2D eigenvalue weighted by atomic mass is 19.1. The first-order valence-corrected chi connectivity index (χ1v) is 6.05. The minimum atomic E-state index is -1.22. The van der Waals surface area contributed by atoms with E-state index in [1.807, 2.05) is 0 Å². The Hall–Kier alpha value is -2.15. The number of amides is 1. The molecular weight excluding hydrogens is 269 g/mol. The molecule has 0 radical (unpaired) electrons. The molecule has 1 atom stereocenters. The lowest BCUT2D eigenvalue weighted by atomic mass is 10.2. The number of rotatable bonds is 8. The van der Waals surface area contributed by atoms with Crippen LogP contribution in [0.4, 0.5) is 4.39 Å². The van der Waals surface area contributed by atoms with Gasteiger partial charge in [0.15, 0.2) is 11.6 Å². The molecule has 0 unspecified atom stereocenters. The summed E-state index contributed by atoms with van der Waals surface area (Å²) in [6.45, 7) is -0.415. The summed E-state index contributed by atoms with van der Waals surface area (Å²) in [4.78, 5) is 22.2. The van der Waals surface area contributed by atoms with Crippen molar-refractivity contribution in [3.8, 4) is 5.75 Å². The third-order valence-electron chi connectivity index (χ3n) is 2.47. The van der Waals surface area contributed by atoms with Crippen molar-refractivity contribution < 1.29 is 28.9 Å². The molecule has 0 spiro atoms. The Morgan fingerprint density at radius 3 is 2.65 bits per heavy atom. The Bertz CT molecular complexity index is 466. The van der Waals surface area contributed by atoms with Gasteiger partial charge in [0.1, 0.15) is 6.04 Å². The second kappa shape index (κ2) is 8.11. The number of ether oxygens (including phenoxy) is 1. The number of para-hydroxylation sites is 1. The second-order valence-electron chi connectivity index (χ2n) is 4.00. The van der Waals surface area contributed by atoms with Crippen LogP contribution < -0.4 is 10.1 Å². The monoisotopic (exact) mass is 285 g/mol. The molecule has 0 saturated carbocycles. The summed E-state index contributed by atoms with van der Waals surface area (Å²) < 4.78 is 18.3. The molecule has 3 N–H and O–H groups in total. The number of aliphatic hydroxyl groups excluding tert-OH is 1. The number of carboxylic acid groups (broad SMARTS) is 1. The Labute approximate surface area is 115 Å². The van der Waals surface area contributed by atoms with E-state index >= 15 is 0 Å². The van der Waals surface area contributed by atoms with Gasteiger partial charge in [-0.05, 0) is 12.1 Å². The predicted octanol–water partition coefficient (Wildman–Crippen LogP) is 0.546. The fourth-order valence-electron chi connectivity index (χ4n) is 1.47. The Morgan fingerprint density at radius 1 is 1.35 bits per heavy atom. The van der Waals surface area contributed by atoms with Gasteiger partial charge in [-0.15, -0.1) is 0 Å². The second-order valence-corrected chi connectivity index (χ2v) is 4.00. The van der Waals surface area contributed by atoms with Gasteiger partial charge in [0.05, 0.1) is 13.0 Å². The molecule has 1 aromatic carbocycles. The average molecular weight is 285 g/mol. The van der Waals surface area contributed by atoms with Crippen molar-refractivity contribution in [2.75, 3.05) is 13.2 Å². The molecule has 20 heavy (non-hydrogen) atoms. The summed E-state index contributed by atoms with van der Waals surface area (Å²) in [7, 11) is 0. The molecule has 0 heterocycles. The van der Waals surface area contributed by atoms with Gasteiger partial charge in [-0.1, -0.05) is 12.1 Å². The number of aliphatic carboxylic acids is 1. The zero-order chi connectivity index (χ0) is 15.0. The van der Waals surface area contributed by atoms with Crippen molar-refractivity contribution in [1.82, 2.24) is 5.32 Å². The van der Waals surface area contributed by atoms with E-state index in [-0.39, 0.29) is 31.8 Å². The number of aliphatic hydroxyl groups is 1. The van der Waals surface area contributed by atoms with Crippen molar-refractivity contribution >= 4 is 11.9 Å². The average Bonchev–Trinajstić information content (AvgIpc) is 2.40. The minimum Gasteiger partial charge on any atom is -0.490 e. The molecule has 1 rings (SSSR count). The first kappa shape index (κ1) is 15.9. The lowest BCUT2D eigenvalue weighted by Crippen LogP contribution is -2.41. The third-order valence-corrected chi connectivity index (χ3v) is 2.47. The largest absolute Gasteiger partial charge is 0.490 e. The number of carbonyl (C=O) groups is 2. The fourth-order valence-corrected chi connectivity index (χ4v) is 1.47. The normalized spacial score (nSPS) is 11.7. The van der Waals surface area contributed by atoms with Crippen LogP contribution in [-0.4, -0.2) is 41.3 Å². The summed E-state index contributed by atoms with van der Waals surface area (Å²) in [5, 5.41) is 19.7. The van der Waals surface area contributed by atoms with E-state index in [4.69, 9.17) is 14.9 Å². The highest BCUT2D eigenvalue weighted by Crippen LogP contribution is 2.15. The van der Waals surface area contributed by atoms with Gasteiger partial charge in [-0.2, -0.15) is 0 Å². The van der Waals surface area contributed by atoms with E-state index < -0.39 is 23.7 Å². The van der Waals surface area contributed by atoms with Gasteiger partial charge in [-0.25, -0.2) is 9.18 Å². The van der Waals surface area contributed by atoms with E-state index in [9.17, 15) is 14.0 Å². The maximum absolute atomic E-state index is 13.2. The van der Waals surface area contributed by atoms with Gasteiger partial charge in [0.25, 0.3) is 0 Å². The van der Waals surface area contributed by atoms with Crippen molar-refractivity contribution in [3.63, 3.8) is 0 Å². The van der Waals surface area contributed by atoms with Crippen LogP contribution in [-0.2, 0) is 9.59 Å². The van der Waals surface area contributed by atoms with Crippen LogP contribution in [0.3, 0.4) is 0 Å². The van der Waals surface area contributed by atoms with E-state index in [0.717, 1.165) is 0 Å². The van der Waals surface area contributed by atoms with E-state index in [1.54, 1.807) is 6.07 Å². The van der Waals surface area contributed by atoms with Crippen molar-refractivity contribution in [1.29, 1.82) is 0 Å². The molecule has 7 heteroatoms. The van der Waals surface area contributed by atoms with Crippen molar-refractivity contribution in [2.24, 2.45) is 0 Å². The van der Waals surface area contributed by atoms with Gasteiger partial charge < -0.3 is 20.3 Å². The minimum absolute atomic E-state index is 0.0328. The van der Waals surface area contributed by atoms with E-state index in [0.29, 0.717) is 0 Å². The molecular formula is C13H16FNO5. The topological polar surface area (TPSA) is 95.9 Å². The van der Waals surface area contributed by atoms with Crippen LogP contribution in [0.2, 0.25) is 0 Å². The Kier molecular flexibility index (Phi) is 6.45. The summed E-state index contributed by atoms with van der Waals surface area (Å²) in [5.41, 5.74) is 0. The number of nitrogens with one attached hydrogen (secondary N) is 1. The molecule has 0 saturated heterocycles. The Balaban J connectivity index is 2.36. The van der Waals surface area contributed by atoms with Crippen LogP contribution in [0.15, 0.2) is 24.3 Å². The van der Waals surface area contributed by atoms with Crippen molar-refractivity contribution in [2.45, 2.75) is 18.9 Å². The lowest BCUT2D eigenvalue weighted by molar-refractivity contribution is -0.142. The quantitative estimate of drug-likeness (QED) is 0.648. The van der Waals surface area contributed by atoms with Crippen LogP contribution in [0, 0.1) is 5.82 Å². The standard InChI is InChI=1S/C13H16FNO5/c14-9-3-1-2-4-11(9)20-8-6-12(17)15-10(5-7-16)13(18)19/h1-4,10,16H,5-8H2,(H,15,17)(H,18,19)/t10-/m1/s1. The fraction of sp³-hybridized carbons (Fsp3) is 0.385. The summed E-state index contributed by atoms with van der Waals surface area (Å²) in [6.07, 6.45) is -0.182. The van der Waals surface area contributed by atoms with Crippen molar-refractivity contribution in [3.05, 3.63) is 30.1 Å². The molecule has 0 aromatic heterocycles. The number of hydrogen-bond donors (Lipinski definition) is 3. The maximum Gasteiger partial charge on any atom is 0.326 e. The number of benzene rings is 1. The van der Waals surface area contributed by atoms with Gasteiger partial charge in [-0.3, -0.25) is 4.79 Å². The molecule has 6 nitrogen and oxygen atoms in total. The molecule has 0 fully saturated rings. The van der Waals surface area contributed by atoms with Gasteiger partial charge in [0.2, 0.25) is 5.91 Å². The van der Waals surface area contributed by atoms with Crippen LogP contribution in [0.5, 0.6) is 5.75 Å².